The molecule has 1 fully saturated rings. The van der Waals surface area contributed by atoms with Gasteiger partial charge in [-0.25, -0.2) is 0 Å². The van der Waals surface area contributed by atoms with Crippen LogP contribution in [0.1, 0.15) is 38.8 Å². The summed E-state index contributed by atoms with van der Waals surface area (Å²) in [6.07, 6.45) is 1.38. The van der Waals surface area contributed by atoms with Crippen LogP contribution in [-0.4, -0.2) is 6.54 Å². The lowest BCUT2D eigenvalue weighted by molar-refractivity contribution is 0.426. The molecule has 0 aliphatic heterocycles. The van der Waals surface area contributed by atoms with Crippen molar-refractivity contribution in [2.24, 2.45) is 17.8 Å². The molecule has 1 aromatic carbocycles. The maximum Gasteiger partial charge on any atom is 0.0351 e. The van der Waals surface area contributed by atoms with E-state index in [-0.39, 0.29) is 0 Å². The van der Waals surface area contributed by atoms with Crippen LogP contribution >= 0.6 is 0 Å². The molecule has 1 heteroatoms. The zero-order chi connectivity index (χ0) is 11.5. The maximum atomic E-state index is 3.73. The van der Waals surface area contributed by atoms with Crippen molar-refractivity contribution in [3.63, 3.8) is 0 Å². The molecule has 1 N–H and O–H groups in total. The van der Waals surface area contributed by atoms with E-state index in [1.807, 2.05) is 0 Å². The van der Waals surface area contributed by atoms with Gasteiger partial charge in [-0.3, -0.25) is 0 Å². The molecule has 1 saturated carbocycles. The van der Waals surface area contributed by atoms with Gasteiger partial charge in [-0.15, -0.1) is 0 Å². The first-order chi connectivity index (χ1) is 7.68. The summed E-state index contributed by atoms with van der Waals surface area (Å²) < 4.78 is 0. The van der Waals surface area contributed by atoms with Crippen LogP contribution in [0.5, 0.6) is 0 Å². The van der Waals surface area contributed by atoms with E-state index in [1.54, 1.807) is 0 Å². The van der Waals surface area contributed by atoms with Crippen molar-refractivity contribution >= 4 is 0 Å². The molecular weight excluding hydrogens is 194 g/mol. The fourth-order valence-electron chi connectivity index (χ4n) is 2.35. The largest absolute Gasteiger partial charge is 0.309 e. The third-order valence-corrected chi connectivity index (χ3v) is 3.50. The predicted octanol–water partition coefficient (Wildman–Crippen LogP) is 3.63. The van der Waals surface area contributed by atoms with Gasteiger partial charge in [0.2, 0.25) is 0 Å². The monoisotopic (exact) mass is 217 g/mol. The minimum absolute atomic E-state index is 0.568. The van der Waals surface area contributed by atoms with Crippen molar-refractivity contribution < 1.29 is 0 Å². The first kappa shape index (κ1) is 11.7. The van der Waals surface area contributed by atoms with E-state index in [0.29, 0.717) is 6.04 Å². The first-order valence-electron chi connectivity index (χ1n) is 6.47. The van der Waals surface area contributed by atoms with Crippen LogP contribution in [0.3, 0.4) is 0 Å². The van der Waals surface area contributed by atoms with E-state index < -0.39 is 0 Å². The summed E-state index contributed by atoms with van der Waals surface area (Å²) in [6, 6.07) is 11.5. The molecule has 1 nitrogen and oxygen atoms in total. The number of hydrogen-bond donors (Lipinski definition) is 1. The Balaban J connectivity index is 2.03. The van der Waals surface area contributed by atoms with Gasteiger partial charge >= 0.3 is 0 Å². The van der Waals surface area contributed by atoms with Crippen LogP contribution in [-0.2, 0) is 0 Å². The standard InChI is InChI=1S/C15H23N/c1-11(2)10-16-15(14-9-12(14)3)13-7-5-4-6-8-13/h4-8,11-12,14-16H,9-10H2,1-3H3. The molecule has 1 aliphatic rings. The fourth-order valence-corrected chi connectivity index (χ4v) is 2.35. The molecule has 0 saturated heterocycles. The lowest BCUT2D eigenvalue weighted by Gasteiger charge is -2.20. The normalized spacial score (nSPS) is 25.8. The van der Waals surface area contributed by atoms with E-state index in [0.717, 1.165) is 24.3 Å². The van der Waals surface area contributed by atoms with Gasteiger partial charge in [-0.2, -0.15) is 0 Å². The summed E-state index contributed by atoms with van der Waals surface area (Å²) in [5, 5.41) is 3.73. The van der Waals surface area contributed by atoms with Crippen molar-refractivity contribution in [1.29, 1.82) is 0 Å². The maximum absolute atomic E-state index is 3.73. The van der Waals surface area contributed by atoms with E-state index in [9.17, 15) is 0 Å². The van der Waals surface area contributed by atoms with E-state index in [2.05, 4.69) is 56.4 Å². The van der Waals surface area contributed by atoms with Gasteiger partial charge in [-0.1, -0.05) is 51.1 Å². The van der Waals surface area contributed by atoms with Crippen LogP contribution in [0, 0.1) is 17.8 Å². The highest BCUT2D eigenvalue weighted by molar-refractivity contribution is 5.21. The quantitative estimate of drug-likeness (QED) is 0.794. The molecule has 1 aliphatic carbocycles. The van der Waals surface area contributed by atoms with Gasteiger partial charge in [0.25, 0.3) is 0 Å². The van der Waals surface area contributed by atoms with Crippen molar-refractivity contribution in [1.82, 2.24) is 5.32 Å². The number of benzene rings is 1. The van der Waals surface area contributed by atoms with Crippen molar-refractivity contribution in [2.45, 2.75) is 33.2 Å². The Kier molecular flexibility index (Phi) is 3.65. The van der Waals surface area contributed by atoms with Crippen molar-refractivity contribution in [3.05, 3.63) is 35.9 Å². The Labute approximate surface area is 99.3 Å². The third-order valence-electron chi connectivity index (χ3n) is 3.50. The molecule has 3 atom stereocenters. The van der Waals surface area contributed by atoms with Crippen LogP contribution in [0.15, 0.2) is 30.3 Å². The molecule has 0 heterocycles. The topological polar surface area (TPSA) is 12.0 Å². The molecule has 16 heavy (non-hydrogen) atoms. The third kappa shape index (κ3) is 2.85. The first-order valence-corrected chi connectivity index (χ1v) is 6.47. The SMILES string of the molecule is CC(C)CNC(c1ccccc1)C1CC1C. The lowest BCUT2D eigenvalue weighted by atomic mass is 10.0. The van der Waals surface area contributed by atoms with Gasteiger partial charge in [0.1, 0.15) is 0 Å². The van der Waals surface area contributed by atoms with E-state index in [4.69, 9.17) is 0 Å². The van der Waals surface area contributed by atoms with E-state index >= 15 is 0 Å². The van der Waals surface area contributed by atoms with E-state index in [1.165, 1.54) is 12.0 Å². The summed E-state index contributed by atoms with van der Waals surface area (Å²) in [4.78, 5) is 0. The Hall–Kier alpha value is -0.820. The highest BCUT2D eigenvalue weighted by Gasteiger charge is 2.39. The van der Waals surface area contributed by atoms with Crippen molar-refractivity contribution in [2.75, 3.05) is 6.54 Å². The predicted molar refractivity (Wildman–Crippen MR) is 69.3 cm³/mol. The second kappa shape index (κ2) is 5.01. The summed E-state index contributed by atoms with van der Waals surface area (Å²) in [6.45, 7) is 8.01. The molecule has 0 aromatic heterocycles. The molecular formula is C15H23N. The number of hydrogen-bond acceptors (Lipinski definition) is 1. The summed E-state index contributed by atoms with van der Waals surface area (Å²) in [5.41, 5.74) is 1.46. The smallest absolute Gasteiger partial charge is 0.0351 e. The summed E-state index contributed by atoms with van der Waals surface area (Å²) in [5.74, 6) is 2.46. The fraction of sp³-hybridized carbons (Fsp3) is 0.600. The zero-order valence-corrected chi connectivity index (χ0v) is 10.6. The average molecular weight is 217 g/mol. The summed E-state index contributed by atoms with van der Waals surface area (Å²) in [7, 11) is 0. The molecule has 3 unspecified atom stereocenters. The minimum atomic E-state index is 0.568. The Morgan fingerprint density at radius 1 is 1.25 bits per heavy atom. The highest BCUT2D eigenvalue weighted by atomic mass is 14.9. The summed E-state index contributed by atoms with van der Waals surface area (Å²) >= 11 is 0. The van der Waals surface area contributed by atoms with Crippen molar-refractivity contribution in [3.8, 4) is 0 Å². The zero-order valence-electron chi connectivity index (χ0n) is 10.6. The second-order valence-electron chi connectivity index (χ2n) is 5.57. The Morgan fingerprint density at radius 3 is 2.38 bits per heavy atom. The highest BCUT2D eigenvalue weighted by Crippen LogP contribution is 2.46. The number of nitrogens with one attached hydrogen (secondary N) is 1. The van der Waals surface area contributed by atoms with Crippen LogP contribution in [0.25, 0.3) is 0 Å². The van der Waals surface area contributed by atoms with Gasteiger partial charge < -0.3 is 5.32 Å². The van der Waals surface area contributed by atoms with Crippen LogP contribution < -0.4 is 5.32 Å². The van der Waals surface area contributed by atoms with Gasteiger partial charge in [0.05, 0.1) is 0 Å². The number of rotatable bonds is 5. The molecule has 88 valence electrons. The molecule has 0 amide bonds. The molecule has 1 aromatic rings. The second-order valence-corrected chi connectivity index (χ2v) is 5.57. The molecule has 0 radical (unpaired) electrons. The average Bonchev–Trinajstić information content (AvgIpc) is 2.97. The van der Waals surface area contributed by atoms with Gasteiger partial charge in [-0.05, 0) is 36.3 Å². The molecule has 2 rings (SSSR count). The Morgan fingerprint density at radius 2 is 1.88 bits per heavy atom. The lowest BCUT2D eigenvalue weighted by Crippen LogP contribution is -2.27. The molecule has 0 spiro atoms. The van der Waals surface area contributed by atoms with Gasteiger partial charge in [0.15, 0.2) is 0 Å². The Bertz CT molecular complexity index is 317. The van der Waals surface area contributed by atoms with Crippen LogP contribution in [0.4, 0.5) is 0 Å². The van der Waals surface area contributed by atoms with Gasteiger partial charge in [0, 0.05) is 6.04 Å². The molecule has 0 bridgehead atoms. The minimum Gasteiger partial charge on any atom is -0.309 e. The van der Waals surface area contributed by atoms with Crippen LogP contribution in [0.2, 0.25) is 0 Å².